The van der Waals surface area contributed by atoms with Crippen molar-refractivity contribution in [2.75, 3.05) is 0 Å². The minimum Gasteiger partial charge on any atom is -0.373 e. The van der Waals surface area contributed by atoms with Gasteiger partial charge in [-0.05, 0) is 31.9 Å². The minimum atomic E-state index is -3.98. The molecular weight excluding hydrogens is 295 g/mol. The number of nitrogens with two attached hydrogens (primary N) is 1. The number of fused-ring (bicyclic) bond motifs is 1. The first-order chi connectivity index (χ1) is 9.86. The van der Waals surface area contributed by atoms with Crippen molar-refractivity contribution in [3.05, 3.63) is 30.2 Å². The Kier molecular flexibility index (Phi) is 3.51. The number of sulfonamides is 1. The molecule has 0 aliphatic carbocycles. The van der Waals surface area contributed by atoms with Gasteiger partial charge < -0.3 is 9.30 Å². The lowest BCUT2D eigenvalue weighted by molar-refractivity contribution is 0.0464. The van der Waals surface area contributed by atoms with Crippen molar-refractivity contribution in [1.82, 2.24) is 4.57 Å². The molecule has 2 unspecified atom stereocenters. The van der Waals surface area contributed by atoms with Crippen molar-refractivity contribution in [2.45, 2.75) is 43.4 Å². The summed E-state index contributed by atoms with van der Waals surface area (Å²) >= 11 is 0. The van der Waals surface area contributed by atoms with Crippen LogP contribution in [0, 0.1) is 5.82 Å². The standard InChI is InChI=1S/C14H17FN2O3S/c1-9-5-6-10(20-9)7-17-8-13(21(16,18)19)14-11(15)3-2-4-12(14)17/h2-4,8-10H,5-7H2,1H3,(H2,16,18,19). The highest BCUT2D eigenvalue weighted by Gasteiger charge is 2.25. The number of halogens is 1. The van der Waals surface area contributed by atoms with Gasteiger partial charge in [-0.25, -0.2) is 17.9 Å². The van der Waals surface area contributed by atoms with Gasteiger partial charge >= 0.3 is 0 Å². The zero-order chi connectivity index (χ0) is 15.2. The predicted octanol–water partition coefficient (Wildman–Crippen LogP) is 2.00. The van der Waals surface area contributed by atoms with Crippen molar-refractivity contribution >= 4 is 20.9 Å². The van der Waals surface area contributed by atoms with Gasteiger partial charge in [0.2, 0.25) is 10.0 Å². The van der Waals surface area contributed by atoms with Crippen LogP contribution in [0.2, 0.25) is 0 Å². The zero-order valence-corrected chi connectivity index (χ0v) is 12.4. The maximum absolute atomic E-state index is 14.0. The van der Waals surface area contributed by atoms with Crippen molar-refractivity contribution in [3.63, 3.8) is 0 Å². The van der Waals surface area contributed by atoms with Gasteiger partial charge in [-0.15, -0.1) is 0 Å². The van der Waals surface area contributed by atoms with Gasteiger partial charge in [0, 0.05) is 12.7 Å². The largest absolute Gasteiger partial charge is 0.373 e. The van der Waals surface area contributed by atoms with Gasteiger partial charge in [-0.2, -0.15) is 0 Å². The molecule has 2 aromatic rings. The van der Waals surface area contributed by atoms with E-state index in [1.54, 1.807) is 16.7 Å². The first-order valence-electron chi connectivity index (χ1n) is 6.82. The Morgan fingerprint density at radius 3 is 2.81 bits per heavy atom. The Morgan fingerprint density at radius 2 is 2.19 bits per heavy atom. The summed E-state index contributed by atoms with van der Waals surface area (Å²) in [4.78, 5) is -0.179. The first-order valence-corrected chi connectivity index (χ1v) is 8.36. The van der Waals surface area contributed by atoms with E-state index in [0.717, 1.165) is 12.8 Å². The van der Waals surface area contributed by atoms with Gasteiger partial charge in [-0.3, -0.25) is 0 Å². The molecule has 21 heavy (non-hydrogen) atoms. The summed E-state index contributed by atoms with van der Waals surface area (Å²) in [6, 6.07) is 4.47. The average molecular weight is 312 g/mol. The number of hydrogen-bond acceptors (Lipinski definition) is 3. The van der Waals surface area contributed by atoms with Gasteiger partial charge in [0.1, 0.15) is 10.7 Å². The van der Waals surface area contributed by atoms with Crippen molar-refractivity contribution in [2.24, 2.45) is 5.14 Å². The maximum atomic E-state index is 14.0. The monoisotopic (exact) mass is 312 g/mol. The van der Waals surface area contributed by atoms with E-state index in [1.807, 2.05) is 6.92 Å². The second kappa shape index (κ2) is 5.08. The Hall–Kier alpha value is -1.44. The molecule has 0 spiro atoms. The molecule has 2 N–H and O–H groups in total. The molecular formula is C14H17FN2O3S. The molecule has 114 valence electrons. The van der Waals surface area contributed by atoms with Crippen LogP contribution in [-0.2, 0) is 21.3 Å². The highest BCUT2D eigenvalue weighted by molar-refractivity contribution is 7.89. The van der Waals surface area contributed by atoms with E-state index < -0.39 is 15.8 Å². The number of nitrogens with zero attached hydrogens (tertiary/aromatic N) is 1. The molecule has 1 aliphatic rings. The lowest BCUT2D eigenvalue weighted by atomic mass is 10.2. The summed E-state index contributed by atoms with van der Waals surface area (Å²) in [5.41, 5.74) is 0.516. The number of rotatable bonds is 3. The second-order valence-electron chi connectivity index (χ2n) is 5.47. The molecule has 1 aromatic carbocycles. The summed E-state index contributed by atoms with van der Waals surface area (Å²) in [5, 5.41) is 5.24. The molecule has 1 saturated heterocycles. The molecule has 2 heterocycles. The Labute approximate surface area is 122 Å². The fraction of sp³-hybridized carbons (Fsp3) is 0.429. The second-order valence-corrected chi connectivity index (χ2v) is 7.00. The normalized spacial score (nSPS) is 23.0. The van der Waals surface area contributed by atoms with Crippen LogP contribution in [0.3, 0.4) is 0 Å². The van der Waals surface area contributed by atoms with Gasteiger partial charge in [0.05, 0.1) is 23.1 Å². The van der Waals surface area contributed by atoms with Gasteiger partial charge in [-0.1, -0.05) is 6.07 Å². The number of primary sulfonamides is 1. The molecule has 0 bridgehead atoms. The summed E-state index contributed by atoms with van der Waals surface area (Å²) in [6.45, 7) is 2.49. The fourth-order valence-corrected chi connectivity index (χ4v) is 3.64. The van der Waals surface area contributed by atoms with Crippen LogP contribution >= 0.6 is 0 Å². The predicted molar refractivity (Wildman–Crippen MR) is 76.8 cm³/mol. The molecule has 2 atom stereocenters. The van der Waals surface area contributed by atoms with E-state index in [4.69, 9.17) is 9.88 Å². The van der Waals surface area contributed by atoms with E-state index in [0.29, 0.717) is 12.1 Å². The van der Waals surface area contributed by atoms with Gasteiger partial charge in [0.15, 0.2) is 0 Å². The number of ether oxygens (including phenoxy) is 1. The van der Waals surface area contributed by atoms with Crippen molar-refractivity contribution < 1.29 is 17.5 Å². The SMILES string of the molecule is CC1CCC(Cn2cc(S(N)(=O)=O)c3c(F)cccc32)O1. The molecule has 7 heteroatoms. The average Bonchev–Trinajstić information content (AvgIpc) is 2.95. The van der Waals surface area contributed by atoms with Crippen molar-refractivity contribution in [3.8, 4) is 0 Å². The molecule has 1 aliphatic heterocycles. The molecule has 5 nitrogen and oxygen atoms in total. The highest BCUT2D eigenvalue weighted by atomic mass is 32.2. The Morgan fingerprint density at radius 1 is 1.43 bits per heavy atom. The summed E-state index contributed by atoms with van der Waals surface area (Å²) in [7, 11) is -3.98. The van der Waals surface area contributed by atoms with E-state index >= 15 is 0 Å². The minimum absolute atomic E-state index is 0.00666. The fourth-order valence-electron chi connectivity index (χ4n) is 2.88. The summed E-state index contributed by atoms with van der Waals surface area (Å²) in [6.07, 6.45) is 3.48. The lowest BCUT2D eigenvalue weighted by Gasteiger charge is -2.13. The number of benzene rings is 1. The number of hydrogen-bond donors (Lipinski definition) is 1. The van der Waals surface area contributed by atoms with Crippen LogP contribution in [0.1, 0.15) is 19.8 Å². The first kappa shape index (κ1) is 14.5. The molecule has 1 aromatic heterocycles. The summed E-state index contributed by atoms with van der Waals surface area (Å²) in [5.74, 6) is -0.587. The Bertz CT molecular complexity index is 785. The third kappa shape index (κ3) is 2.68. The van der Waals surface area contributed by atoms with Crippen LogP contribution < -0.4 is 5.14 Å². The van der Waals surface area contributed by atoms with E-state index in [9.17, 15) is 12.8 Å². The number of aromatic nitrogens is 1. The molecule has 0 saturated carbocycles. The van der Waals surface area contributed by atoms with E-state index in [1.165, 1.54) is 12.3 Å². The van der Waals surface area contributed by atoms with Crippen LogP contribution in [0.15, 0.2) is 29.3 Å². The molecule has 3 rings (SSSR count). The van der Waals surface area contributed by atoms with E-state index in [-0.39, 0.29) is 22.5 Å². The quantitative estimate of drug-likeness (QED) is 0.942. The maximum Gasteiger partial charge on any atom is 0.240 e. The molecule has 1 fully saturated rings. The van der Waals surface area contributed by atoms with Crippen LogP contribution in [0.5, 0.6) is 0 Å². The smallest absolute Gasteiger partial charge is 0.240 e. The third-order valence-electron chi connectivity index (χ3n) is 3.85. The molecule has 0 amide bonds. The third-order valence-corrected chi connectivity index (χ3v) is 4.77. The lowest BCUT2D eigenvalue weighted by Crippen LogP contribution is -2.16. The van der Waals surface area contributed by atoms with Crippen LogP contribution in [-0.4, -0.2) is 25.2 Å². The molecule has 0 radical (unpaired) electrons. The van der Waals surface area contributed by atoms with Crippen LogP contribution in [0.25, 0.3) is 10.9 Å². The van der Waals surface area contributed by atoms with E-state index in [2.05, 4.69) is 0 Å². The summed E-state index contributed by atoms with van der Waals surface area (Å²) < 4.78 is 44.8. The topological polar surface area (TPSA) is 74.3 Å². The van der Waals surface area contributed by atoms with Gasteiger partial charge in [0.25, 0.3) is 0 Å². The van der Waals surface area contributed by atoms with Crippen molar-refractivity contribution in [1.29, 1.82) is 0 Å². The highest BCUT2D eigenvalue weighted by Crippen LogP contribution is 2.29. The Balaban J connectivity index is 2.09. The van der Waals surface area contributed by atoms with Crippen LogP contribution in [0.4, 0.5) is 4.39 Å². The zero-order valence-electron chi connectivity index (χ0n) is 11.6.